The lowest BCUT2D eigenvalue weighted by molar-refractivity contribution is 0.668. The predicted molar refractivity (Wildman–Crippen MR) is 229 cm³/mol. The van der Waals surface area contributed by atoms with Gasteiger partial charge in [0.15, 0.2) is 0 Å². The molecule has 3 heteroatoms. The molecule has 55 heavy (non-hydrogen) atoms. The summed E-state index contributed by atoms with van der Waals surface area (Å²) < 4.78 is 13.0. The van der Waals surface area contributed by atoms with Crippen molar-refractivity contribution in [2.24, 2.45) is 0 Å². The summed E-state index contributed by atoms with van der Waals surface area (Å²) >= 11 is 0. The van der Waals surface area contributed by atoms with E-state index in [-0.39, 0.29) is 0 Å². The molecule has 0 radical (unpaired) electrons. The van der Waals surface area contributed by atoms with Gasteiger partial charge in [-0.1, -0.05) is 140 Å². The van der Waals surface area contributed by atoms with Crippen LogP contribution in [0.25, 0.3) is 88.0 Å². The van der Waals surface area contributed by atoms with Gasteiger partial charge in [-0.15, -0.1) is 0 Å². The second-order valence-corrected chi connectivity index (χ2v) is 14.1. The first-order chi connectivity index (χ1) is 27.2. The first-order valence-electron chi connectivity index (χ1n) is 18.7. The number of hydrogen-bond donors (Lipinski definition) is 0. The van der Waals surface area contributed by atoms with Crippen LogP contribution in [0.5, 0.6) is 0 Å². The van der Waals surface area contributed by atoms with Crippen molar-refractivity contribution in [3.8, 4) is 33.4 Å². The minimum atomic E-state index is 0.848. The summed E-state index contributed by atoms with van der Waals surface area (Å²) in [5.41, 5.74) is 13.4. The minimum Gasteiger partial charge on any atom is -0.456 e. The standard InChI is InChI=1S/C52H33NO2/c1-2-10-34(11-3-1)36-24-26-41(27-25-36)53(42-28-29-44-43-14-6-8-16-47(43)55-50(44)33-42)46-30-31-49-52(45-15-7-9-17-48(45)54-49)51(46)38-21-18-37(19-22-38)40-23-20-35-12-4-5-13-39(35)32-40/h1-33H. The molecule has 3 nitrogen and oxygen atoms in total. The van der Waals surface area contributed by atoms with Crippen LogP contribution in [0.1, 0.15) is 0 Å². The summed E-state index contributed by atoms with van der Waals surface area (Å²) in [5.74, 6) is 0. The monoisotopic (exact) mass is 703 g/mol. The van der Waals surface area contributed by atoms with E-state index in [1.165, 1.54) is 27.5 Å². The zero-order valence-electron chi connectivity index (χ0n) is 29.8. The molecular weight excluding hydrogens is 671 g/mol. The quantitative estimate of drug-likeness (QED) is 0.173. The second-order valence-electron chi connectivity index (χ2n) is 14.1. The molecular formula is C52H33NO2. The molecule has 0 N–H and O–H groups in total. The normalized spacial score (nSPS) is 11.6. The van der Waals surface area contributed by atoms with Crippen molar-refractivity contribution in [2.45, 2.75) is 0 Å². The molecule has 11 rings (SSSR count). The van der Waals surface area contributed by atoms with Crippen LogP contribution in [0, 0.1) is 0 Å². The lowest BCUT2D eigenvalue weighted by atomic mass is 9.94. The van der Waals surface area contributed by atoms with E-state index in [0.29, 0.717) is 0 Å². The van der Waals surface area contributed by atoms with Crippen molar-refractivity contribution in [1.82, 2.24) is 0 Å². The molecule has 0 atom stereocenters. The van der Waals surface area contributed by atoms with E-state index in [4.69, 9.17) is 8.83 Å². The molecule has 2 aromatic heterocycles. The van der Waals surface area contributed by atoms with Crippen LogP contribution in [0.2, 0.25) is 0 Å². The molecule has 0 saturated carbocycles. The molecule has 0 amide bonds. The maximum absolute atomic E-state index is 6.52. The van der Waals surface area contributed by atoms with Crippen molar-refractivity contribution in [2.75, 3.05) is 4.90 Å². The average molecular weight is 704 g/mol. The van der Waals surface area contributed by atoms with Crippen LogP contribution in [0.15, 0.2) is 209 Å². The summed E-state index contributed by atoms with van der Waals surface area (Å²) in [5, 5.41) is 6.85. The van der Waals surface area contributed by atoms with Crippen LogP contribution in [0.3, 0.4) is 0 Å². The summed E-state index contributed by atoms with van der Waals surface area (Å²) in [6.07, 6.45) is 0. The van der Waals surface area contributed by atoms with Gasteiger partial charge < -0.3 is 13.7 Å². The van der Waals surface area contributed by atoms with Crippen molar-refractivity contribution in [3.05, 3.63) is 200 Å². The number of furan rings is 2. The van der Waals surface area contributed by atoms with Gasteiger partial charge in [-0.05, 0) is 93.2 Å². The number of rotatable bonds is 6. The fourth-order valence-corrected chi connectivity index (χ4v) is 8.20. The van der Waals surface area contributed by atoms with Gasteiger partial charge >= 0.3 is 0 Å². The summed E-state index contributed by atoms with van der Waals surface area (Å²) in [4.78, 5) is 2.36. The van der Waals surface area contributed by atoms with Crippen molar-refractivity contribution in [3.63, 3.8) is 0 Å². The number of para-hydroxylation sites is 2. The maximum atomic E-state index is 6.52. The third-order valence-corrected chi connectivity index (χ3v) is 10.9. The number of hydrogen-bond acceptors (Lipinski definition) is 3. The zero-order valence-corrected chi connectivity index (χ0v) is 29.8. The largest absolute Gasteiger partial charge is 0.456 e. The van der Waals surface area contributed by atoms with Crippen molar-refractivity contribution >= 4 is 71.7 Å². The molecule has 9 aromatic carbocycles. The zero-order chi connectivity index (χ0) is 36.3. The van der Waals surface area contributed by atoms with Crippen molar-refractivity contribution < 1.29 is 8.83 Å². The Morgan fingerprint density at radius 2 is 0.873 bits per heavy atom. The van der Waals surface area contributed by atoms with Crippen LogP contribution in [-0.2, 0) is 0 Å². The molecule has 0 aliphatic carbocycles. The number of nitrogens with zero attached hydrogens (tertiary/aromatic N) is 1. The van der Waals surface area contributed by atoms with E-state index >= 15 is 0 Å². The molecule has 0 bridgehead atoms. The molecule has 11 aromatic rings. The Morgan fingerprint density at radius 1 is 0.309 bits per heavy atom. The second kappa shape index (κ2) is 12.6. The highest BCUT2D eigenvalue weighted by atomic mass is 16.3. The van der Waals surface area contributed by atoms with Gasteiger partial charge in [0.2, 0.25) is 0 Å². The fraction of sp³-hybridized carbons (Fsp3) is 0. The maximum Gasteiger partial charge on any atom is 0.137 e. The number of benzene rings is 9. The average Bonchev–Trinajstić information content (AvgIpc) is 3.82. The van der Waals surface area contributed by atoms with Crippen LogP contribution >= 0.6 is 0 Å². The Labute approximate surface area is 317 Å². The van der Waals surface area contributed by atoms with Gasteiger partial charge in [0.05, 0.1) is 5.69 Å². The van der Waals surface area contributed by atoms with E-state index in [9.17, 15) is 0 Å². The molecule has 2 heterocycles. The van der Waals surface area contributed by atoms with Gasteiger partial charge in [-0.2, -0.15) is 0 Å². The van der Waals surface area contributed by atoms with E-state index in [2.05, 4.69) is 187 Å². The Morgan fingerprint density at radius 3 is 1.69 bits per heavy atom. The Balaban J connectivity index is 1.14. The third-order valence-electron chi connectivity index (χ3n) is 10.9. The fourth-order valence-electron chi connectivity index (χ4n) is 8.20. The van der Waals surface area contributed by atoms with Gasteiger partial charge in [0.1, 0.15) is 22.3 Å². The van der Waals surface area contributed by atoms with Gasteiger partial charge in [0.25, 0.3) is 0 Å². The Bertz CT molecular complexity index is 3190. The van der Waals surface area contributed by atoms with Crippen molar-refractivity contribution in [1.29, 1.82) is 0 Å². The molecule has 0 saturated heterocycles. The Kier molecular flexibility index (Phi) is 7.17. The summed E-state index contributed by atoms with van der Waals surface area (Å²) in [6, 6.07) is 71.0. The molecule has 0 spiro atoms. The first-order valence-corrected chi connectivity index (χ1v) is 18.7. The lowest BCUT2D eigenvalue weighted by Gasteiger charge is -2.28. The molecule has 0 aliphatic heterocycles. The van der Waals surface area contributed by atoms with Crippen LogP contribution in [-0.4, -0.2) is 0 Å². The van der Waals surface area contributed by atoms with Crippen LogP contribution < -0.4 is 4.90 Å². The van der Waals surface area contributed by atoms with E-state index in [1.54, 1.807) is 0 Å². The third kappa shape index (κ3) is 5.28. The van der Waals surface area contributed by atoms with E-state index in [0.717, 1.165) is 77.6 Å². The highest BCUT2D eigenvalue weighted by Gasteiger charge is 2.23. The molecule has 0 unspecified atom stereocenters. The van der Waals surface area contributed by atoms with E-state index < -0.39 is 0 Å². The SMILES string of the molecule is c1ccc(-c2ccc(N(c3ccc4c(c3)oc3ccccc34)c3ccc4oc5ccccc5c4c3-c3ccc(-c4ccc5ccccc5c4)cc3)cc2)cc1. The minimum absolute atomic E-state index is 0.848. The first kappa shape index (κ1) is 31.2. The van der Waals surface area contributed by atoms with Crippen LogP contribution in [0.4, 0.5) is 17.1 Å². The summed E-state index contributed by atoms with van der Waals surface area (Å²) in [6.45, 7) is 0. The molecule has 0 aliphatic rings. The molecule has 258 valence electrons. The highest BCUT2D eigenvalue weighted by Crippen LogP contribution is 2.48. The smallest absolute Gasteiger partial charge is 0.137 e. The summed E-state index contributed by atoms with van der Waals surface area (Å²) in [7, 11) is 0. The highest BCUT2D eigenvalue weighted by molar-refractivity contribution is 6.16. The van der Waals surface area contributed by atoms with Gasteiger partial charge in [-0.3, -0.25) is 0 Å². The topological polar surface area (TPSA) is 29.5 Å². The number of fused-ring (bicyclic) bond motifs is 7. The van der Waals surface area contributed by atoms with Gasteiger partial charge in [0, 0.05) is 44.5 Å². The number of anilines is 3. The predicted octanol–water partition coefficient (Wildman–Crippen LogP) is 15.1. The van der Waals surface area contributed by atoms with E-state index in [1.807, 2.05) is 18.2 Å². The lowest BCUT2D eigenvalue weighted by Crippen LogP contribution is -2.11. The van der Waals surface area contributed by atoms with Gasteiger partial charge in [-0.25, -0.2) is 0 Å². The molecule has 0 fully saturated rings. The Hall–Kier alpha value is -7.36.